The van der Waals surface area contributed by atoms with Crippen LogP contribution in [0.25, 0.3) is 11.1 Å². The Hall–Kier alpha value is -2.06. The molecule has 0 aliphatic heterocycles. The number of aromatic nitrogens is 1. The SMILES string of the molecule is CC(C)OB(OC(C)C)c1ccc2nc(NC(=O)OC(C)(C)C)oc2c1. The Morgan fingerprint density at radius 3 is 2.31 bits per heavy atom. The number of ether oxygens (including phenoxy) is 1. The number of anilines is 1. The van der Waals surface area contributed by atoms with E-state index in [0.29, 0.717) is 11.1 Å². The van der Waals surface area contributed by atoms with E-state index in [1.165, 1.54) is 0 Å². The van der Waals surface area contributed by atoms with Gasteiger partial charge in [0.05, 0.1) is 0 Å². The minimum Gasteiger partial charge on any atom is -0.443 e. The van der Waals surface area contributed by atoms with E-state index in [1.54, 1.807) is 32.9 Å². The molecule has 1 amide bonds. The maximum absolute atomic E-state index is 11.8. The first kappa shape index (κ1) is 20.3. The van der Waals surface area contributed by atoms with Gasteiger partial charge in [-0.05, 0) is 66.1 Å². The van der Waals surface area contributed by atoms with Gasteiger partial charge in [-0.25, -0.2) is 10.1 Å². The van der Waals surface area contributed by atoms with Gasteiger partial charge in [0.1, 0.15) is 11.1 Å². The number of hydrogen-bond acceptors (Lipinski definition) is 6. The number of nitrogens with zero attached hydrogens (tertiary/aromatic N) is 1. The Bertz CT molecular complexity index is 742. The second kappa shape index (κ2) is 8.10. The van der Waals surface area contributed by atoms with Gasteiger partial charge in [0.25, 0.3) is 0 Å². The Balaban J connectivity index is 2.20. The van der Waals surface area contributed by atoms with Crippen molar-refractivity contribution in [2.24, 2.45) is 0 Å². The van der Waals surface area contributed by atoms with Crippen LogP contribution in [0.3, 0.4) is 0 Å². The number of fused-ring (bicyclic) bond motifs is 1. The number of rotatable bonds is 6. The molecule has 142 valence electrons. The highest BCUT2D eigenvalue weighted by molar-refractivity contribution is 6.61. The van der Waals surface area contributed by atoms with E-state index in [0.717, 1.165) is 5.46 Å². The first-order chi connectivity index (χ1) is 12.0. The van der Waals surface area contributed by atoms with Crippen molar-refractivity contribution in [2.75, 3.05) is 5.32 Å². The summed E-state index contributed by atoms with van der Waals surface area (Å²) in [4.78, 5) is 16.1. The molecular weight excluding hydrogens is 335 g/mol. The van der Waals surface area contributed by atoms with Crippen LogP contribution in [0.1, 0.15) is 48.5 Å². The van der Waals surface area contributed by atoms with E-state index in [-0.39, 0.29) is 18.2 Å². The molecule has 1 heterocycles. The van der Waals surface area contributed by atoms with Crippen LogP contribution in [-0.2, 0) is 14.0 Å². The lowest BCUT2D eigenvalue weighted by atomic mass is 9.78. The maximum Gasteiger partial charge on any atom is 0.494 e. The zero-order chi connectivity index (χ0) is 19.5. The zero-order valence-electron chi connectivity index (χ0n) is 16.5. The monoisotopic (exact) mass is 362 g/mol. The molecule has 26 heavy (non-hydrogen) atoms. The summed E-state index contributed by atoms with van der Waals surface area (Å²) in [7, 11) is -0.508. The molecule has 0 aliphatic rings. The van der Waals surface area contributed by atoms with E-state index in [2.05, 4.69) is 10.3 Å². The number of oxazole rings is 1. The molecule has 7 nitrogen and oxygen atoms in total. The van der Waals surface area contributed by atoms with Gasteiger partial charge in [-0.1, -0.05) is 6.07 Å². The van der Waals surface area contributed by atoms with E-state index in [1.807, 2.05) is 33.8 Å². The van der Waals surface area contributed by atoms with Crippen molar-refractivity contribution in [1.29, 1.82) is 0 Å². The fourth-order valence-electron chi connectivity index (χ4n) is 2.22. The van der Waals surface area contributed by atoms with Gasteiger partial charge >= 0.3 is 19.2 Å². The van der Waals surface area contributed by atoms with Crippen LogP contribution >= 0.6 is 0 Å². The second-order valence-electron chi connectivity index (χ2n) is 7.57. The number of benzene rings is 1. The van der Waals surface area contributed by atoms with Crippen molar-refractivity contribution in [3.05, 3.63) is 18.2 Å². The average molecular weight is 362 g/mol. The molecule has 2 aromatic rings. The summed E-state index contributed by atoms with van der Waals surface area (Å²) in [5, 5.41) is 2.50. The molecule has 2 rings (SSSR count). The molecule has 0 atom stereocenters. The molecule has 0 spiro atoms. The van der Waals surface area contributed by atoms with Crippen LogP contribution in [-0.4, -0.2) is 36.0 Å². The van der Waals surface area contributed by atoms with Gasteiger partial charge in [0.15, 0.2) is 5.58 Å². The lowest BCUT2D eigenvalue weighted by Crippen LogP contribution is -2.40. The van der Waals surface area contributed by atoms with E-state index >= 15 is 0 Å². The van der Waals surface area contributed by atoms with Gasteiger partial charge in [-0.15, -0.1) is 0 Å². The summed E-state index contributed by atoms with van der Waals surface area (Å²) < 4.78 is 22.5. The number of amides is 1. The predicted octanol–water partition coefficient (Wildman–Crippen LogP) is 3.72. The number of carbonyl (C=O) groups is 1. The number of nitrogens with one attached hydrogen (secondary N) is 1. The number of hydrogen-bond donors (Lipinski definition) is 1. The van der Waals surface area contributed by atoms with Crippen LogP contribution in [0.15, 0.2) is 22.6 Å². The third kappa shape index (κ3) is 6.03. The lowest BCUT2D eigenvalue weighted by molar-refractivity contribution is 0.0632. The third-order valence-corrected chi connectivity index (χ3v) is 3.08. The molecule has 1 aromatic heterocycles. The van der Waals surface area contributed by atoms with Gasteiger partial charge in [-0.2, -0.15) is 4.98 Å². The Kier molecular flexibility index (Phi) is 6.31. The minimum absolute atomic E-state index is 0.00793. The van der Waals surface area contributed by atoms with Crippen LogP contribution in [0.4, 0.5) is 10.8 Å². The molecule has 0 bridgehead atoms. The molecule has 0 fully saturated rings. The van der Waals surface area contributed by atoms with Crippen molar-refractivity contribution in [3.63, 3.8) is 0 Å². The molecule has 0 radical (unpaired) electrons. The summed E-state index contributed by atoms with van der Waals surface area (Å²) in [5.74, 6) is 0. The molecule has 1 N–H and O–H groups in total. The molecule has 1 aromatic carbocycles. The maximum atomic E-state index is 11.8. The van der Waals surface area contributed by atoms with Crippen molar-refractivity contribution in [3.8, 4) is 0 Å². The summed E-state index contributed by atoms with van der Waals surface area (Å²) in [6.45, 7) is 13.2. The Morgan fingerprint density at radius 2 is 1.77 bits per heavy atom. The van der Waals surface area contributed by atoms with Gasteiger partial charge < -0.3 is 18.5 Å². The first-order valence-electron chi connectivity index (χ1n) is 8.75. The molecule has 0 saturated heterocycles. The van der Waals surface area contributed by atoms with Crippen LogP contribution < -0.4 is 10.8 Å². The molecular formula is C18H27BN2O5. The smallest absolute Gasteiger partial charge is 0.443 e. The van der Waals surface area contributed by atoms with Crippen molar-refractivity contribution < 1.29 is 23.3 Å². The van der Waals surface area contributed by atoms with Gasteiger partial charge in [0.2, 0.25) is 0 Å². The standard InChI is InChI=1S/C18H27BN2O5/c1-11(2)25-19(26-12(3)4)13-8-9-14-15(10-13)23-16(20-14)21-17(22)24-18(5,6)7/h8-12H,1-7H3,(H,20,21,22). The summed E-state index contributed by atoms with van der Waals surface area (Å²) in [6.07, 6.45) is -0.601. The number of carbonyl (C=O) groups excluding carboxylic acids is 1. The van der Waals surface area contributed by atoms with E-state index in [9.17, 15) is 4.79 Å². The average Bonchev–Trinajstić information content (AvgIpc) is 2.84. The fourth-order valence-corrected chi connectivity index (χ4v) is 2.22. The summed E-state index contributed by atoms with van der Waals surface area (Å²) in [6, 6.07) is 5.56. The van der Waals surface area contributed by atoms with Gasteiger partial charge in [0, 0.05) is 12.2 Å². The third-order valence-electron chi connectivity index (χ3n) is 3.08. The van der Waals surface area contributed by atoms with E-state index < -0.39 is 18.8 Å². The second-order valence-corrected chi connectivity index (χ2v) is 7.57. The molecule has 0 unspecified atom stereocenters. The van der Waals surface area contributed by atoms with Crippen LogP contribution in [0, 0.1) is 0 Å². The summed E-state index contributed by atoms with van der Waals surface area (Å²) >= 11 is 0. The quantitative estimate of drug-likeness (QED) is 0.789. The van der Waals surface area contributed by atoms with Crippen molar-refractivity contribution >= 4 is 35.8 Å². The normalized spacial score (nSPS) is 12.0. The van der Waals surface area contributed by atoms with E-state index in [4.69, 9.17) is 18.5 Å². The molecule has 0 aliphatic carbocycles. The first-order valence-corrected chi connectivity index (χ1v) is 8.75. The van der Waals surface area contributed by atoms with Crippen LogP contribution in [0.2, 0.25) is 0 Å². The largest absolute Gasteiger partial charge is 0.494 e. The molecule has 8 heteroatoms. The highest BCUT2D eigenvalue weighted by atomic mass is 16.6. The fraction of sp³-hybridized carbons (Fsp3) is 0.556. The minimum atomic E-state index is -0.617. The highest BCUT2D eigenvalue weighted by Gasteiger charge is 2.25. The van der Waals surface area contributed by atoms with Gasteiger partial charge in [-0.3, -0.25) is 0 Å². The zero-order valence-corrected chi connectivity index (χ0v) is 16.5. The Morgan fingerprint density at radius 1 is 1.15 bits per heavy atom. The van der Waals surface area contributed by atoms with Crippen molar-refractivity contribution in [2.45, 2.75) is 66.3 Å². The lowest BCUT2D eigenvalue weighted by Gasteiger charge is -2.19. The molecule has 0 saturated carbocycles. The summed E-state index contributed by atoms with van der Waals surface area (Å²) in [5.41, 5.74) is 1.37. The highest BCUT2D eigenvalue weighted by Crippen LogP contribution is 2.19. The Labute approximate surface area is 154 Å². The van der Waals surface area contributed by atoms with Crippen LogP contribution in [0.5, 0.6) is 0 Å². The van der Waals surface area contributed by atoms with Crippen molar-refractivity contribution in [1.82, 2.24) is 4.98 Å². The predicted molar refractivity (Wildman–Crippen MR) is 102 cm³/mol. The topological polar surface area (TPSA) is 82.8 Å².